The maximum atomic E-state index is 13.8. The van der Waals surface area contributed by atoms with Gasteiger partial charge in [-0.3, -0.25) is 14.5 Å². The molecule has 3 aromatic rings. The van der Waals surface area contributed by atoms with Gasteiger partial charge in [-0.05, 0) is 49.7 Å². The maximum absolute atomic E-state index is 13.8. The van der Waals surface area contributed by atoms with Crippen LogP contribution in [0.25, 0.3) is 0 Å². The molecular weight excluding hydrogens is 394 g/mol. The van der Waals surface area contributed by atoms with Crippen LogP contribution in [-0.2, 0) is 10.5 Å². The van der Waals surface area contributed by atoms with Crippen LogP contribution >= 0.6 is 0 Å². The van der Waals surface area contributed by atoms with Gasteiger partial charge in [-0.25, -0.2) is 0 Å². The lowest BCUT2D eigenvalue weighted by Gasteiger charge is -2.44. The number of amides is 2. The minimum Gasteiger partial charge on any atom is -0.454 e. The highest BCUT2D eigenvalue weighted by Crippen LogP contribution is 2.49. The number of hydrogen-bond donors (Lipinski definition) is 2. The van der Waals surface area contributed by atoms with Crippen LogP contribution in [0.1, 0.15) is 27.0 Å². The molecule has 2 N–H and O–H groups in total. The summed E-state index contributed by atoms with van der Waals surface area (Å²) in [6.45, 7) is 4.06. The highest BCUT2D eigenvalue weighted by atomic mass is 16.7. The second-order valence-corrected chi connectivity index (χ2v) is 8.02. The minimum atomic E-state index is -1.43. The highest BCUT2D eigenvalue weighted by molar-refractivity contribution is 6.22. The van der Waals surface area contributed by atoms with Crippen molar-refractivity contribution in [3.63, 3.8) is 0 Å². The molecule has 3 aliphatic heterocycles. The zero-order valence-electron chi connectivity index (χ0n) is 17.0. The molecule has 3 aliphatic rings. The average Bonchev–Trinajstić information content (AvgIpc) is 3.32. The van der Waals surface area contributed by atoms with Crippen LogP contribution < -0.4 is 25.0 Å². The minimum absolute atomic E-state index is 0.126. The molecule has 3 heterocycles. The Morgan fingerprint density at radius 3 is 2.65 bits per heavy atom. The predicted molar refractivity (Wildman–Crippen MR) is 116 cm³/mol. The second-order valence-electron chi connectivity index (χ2n) is 8.02. The van der Waals surface area contributed by atoms with Gasteiger partial charge in [-0.1, -0.05) is 23.8 Å². The van der Waals surface area contributed by atoms with Crippen molar-refractivity contribution in [2.45, 2.75) is 19.5 Å². The molecule has 2 amide bonds. The normalized spacial score (nSPS) is 20.4. The first-order chi connectivity index (χ1) is 15.0. The quantitative estimate of drug-likeness (QED) is 0.632. The Morgan fingerprint density at radius 2 is 1.77 bits per heavy atom. The largest absolute Gasteiger partial charge is 0.454 e. The van der Waals surface area contributed by atoms with Gasteiger partial charge in [0.25, 0.3) is 11.8 Å². The SMILES string of the molecule is Cc1cc(C)c2c(c1)C1(Nc3ccccc3C(=O)N1c1ccc3c(c1)OCO3)C(=O)N2. The van der Waals surface area contributed by atoms with Crippen LogP contribution in [0.5, 0.6) is 11.5 Å². The molecule has 1 unspecified atom stereocenters. The fourth-order valence-corrected chi connectivity index (χ4v) is 4.73. The van der Waals surface area contributed by atoms with Crippen molar-refractivity contribution >= 4 is 28.9 Å². The van der Waals surface area contributed by atoms with E-state index in [1.54, 1.807) is 24.3 Å². The number of nitrogens with zero attached hydrogens (tertiary/aromatic N) is 1. The number of benzene rings is 3. The first-order valence-electron chi connectivity index (χ1n) is 10.0. The summed E-state index contributed by atoms with van der Waals surface area (Å²) in [7, 11) is 0. The Morgan fingerprint density at radius 1 is 0.968 bits per heavy atom. The summed E-state index contributed by atoms with van der Waals surface area (Å²) < 4.78 is 11.0. The summed E-state index contributed by atoms with van der Waals surface area (Å²) >= 11 is 0. The van der Waals surface area contributed by atoms with Gasteiger partial charge in [0.2, 0.25) is 12.5 Å². The highest BCUT2D eigenvalue weighted by Gasteiger charge is 2.57. The van der Waals surface area contributed by atoms with Gasteiger partial charge >= 0.3 is 0 Å². The first kappa shape index (κ1) is 17.8. The fourth-order valence-electron chi connectivity index (χ4n) is 4.73. The molecule has 1 spiro atoms. The molecular formula is C24H19N3O4. The lowest BCUT2D eigenvalue weighted by Crippen LogP contribution is -2.61. The number of carbonyl (C=O) groups excluding carboxylic acids is 2. The summed E-state index contributed by atoms with van der Waals surface area (Å²) in [5, 5.41) is 6.41. The van der Waals surface area contributed by atoms with Crippen molar-refractivity contribution in [3.8, 4) is 11.5 Å². The van der Waals surface area contributed by atoms with Crippen LogP contribution in [0, 0.1) is 13.8 Å². The monoisotopic (exact) mass is 413 g/mol. The molecule has 1 atom stereocenters. The Balaban J connectivity index is 1.65. The second kappa shape index (κ2) is 6.01. The number of fused-ring (bicyclic) bond motifs is 4. The Kier molecular flexibility index (Phi) is 3.46. The van der Waals surface area contributed by atoms with Crippen molar-refractivity contribution in [2.24, 2.45) is 0 Å². The van der Waals surface area contributed by atoms with E-state index in [9.17, 15) is 9.59 Å². The fraction of sp³-hybridized carbons (Fsp3) is 0.167. The van der Waals surface area contributed by atoms with Crippen LogP contribution in [0.3, 0.4) is 0 Å². The Labute approximate surface area is 178 Å². The van der Waals surface area contributed by atoms with Crippen LogP contribution in [0.2, 0.25) is 0 Å². The van der Waals surface area contributed by atoms with Crippen LogP contribution in [0.15, 0.2) is 54.6 Å². The van der Waals surface area contributed by atoms with Crippen molar-refractivity contribution < 1.29 is 19.1 Å². The number of aryl methyl sites for hydroxylation is 2. The molecule has 154 valence electrons. The standard InChI is InChI=1S/C24H19N3O4/c1-13-9-14(2)21-17(10-13)24(23(29)25-21)26-18-6-4-3-5-16(18)22(28)27(24)15-7-8-19-20(11-15)31-12-30-19/h3-11,26H,12H2,1-2H3,(H,25,29). The summed E-state index contributed by atoms with van der Waals surface area (Å²) in [6.07, 6.45) is 0. The van der Waals surface area contributed by atoms with Gasteiger partial charge in [-0.15, -0.1) is 0 Å². The van der Waals surface area contributed by atoms with Crippen LogP contribution in [0.4, 0.5) is 17.1 Å². The van der Waals surface area contributed by atoms with Gasteiger partial charge in [0.1, 0.15) is 0 Å². The van der Waals surface area contributed by atoms with Crippen molar-refractivity contribution in [2.75, 3.05) is 22.3 Å². The summed E-state index contributed by atoms with van der Waals surface area (Å²) in [5.74, 6) is 0.573. The third-order valence-electron chi connectivity index (χ3n) is 6.06. The third kappa shape index (κ3) is 2.28. The van der Waals surface area contributed by atoms with E-state index < -0.39 is 5.66 Å². The smallest absolute Gasteiger partial charge is 0.276 e. The van der Waals surface area contributed by atoms with Crippen molar-refractivity contribution in [1.29, 1.82) is 0 Å². The van der Waals surface area contributed by atoms with Crippen molar-refractivity contribution in [1.82, 2.24) is 0 Å². The average molecular weight is 413 g/mol. The molecule has 0 saturated carbocycles. The van der Waals surface area contributed by atoms with E-state index in [-0.39, 0.29) is 18.6 Å². The van der Waals surface area contributed by atoms with Crippen molar-refractivity contribution in [3.05, 3.63) is 76.9 Å². The van der Waals surface area contributed by atoms with E-state index in [1.807, 2.05) is 44.2 Å². The molecule has 0 fully saturated rings. The van der Waals surface area contributed by atoms with Gasteiger partial charge in [0.05, 0.1) is 16.9 Å². The number of hydrogen-bond acceptors (Lipinski definition) is 5. The Bertz CT molecular complexity index is 1300. The molecule has 7 nitrogen and oxygen atoms in total. The number of nitrogens with one attached hydrogen (secondary N) is 2. The summed E-state index contributed by atoms with van der Waals surface area (Å²) in [6, 6.07) is 16.5. The molecule has 0 aromatic heterocycles. The molecule has 3 aromatic carbocycles. The van der Waals surface area contributed by atoms with E-state index in [1.165, 1.54) is 4.90 Å². The van der Waals surface area contributed by atoms with Gasteiger partial charge in [0, 0.05) is 17.3 Å². The maximum Gasteiger partial charge on any atom is 0.276 e. The van der Waals surface area contributed by atoms with Gasteiger partial charge in [0.15, 0.2) is 11.5 Å². The first-order valence-corrected chi connectivity index (χ1v) is 10.0. The number of carbonyl (C=O) groups is 2. The number of rotatable bonds is 1. The zero-order valence-corrected chi connectivity index (χ0v) is 17.0. The van der Waals surface area contributed by atoms with E-state index in [0.717, 1.165) is 22.4 Å². The molecule has 0 bridgehead atoms. The van der Waals surface area contributed by atoms with Gasteiger partial charge < -0.3 is 20.1 Å². The molecule has 7 heteroatoms. The van der Waals surface area contributed by atoms with E-state index in [0.29, 0.717) is 28.4 Å². The summed E-state index contributed by atoms with van der Waals surface area (Å²) in [5.41, 5.74) is 3.62. The third-order valence-corrected chi connectivity index (χ3v) is 6.06. The summed E-state index contributed by atoms with van der Waals surface area (Å²) in [4.78, 5) is 29.0. The zero-order chi connectivity index (χ0) is 21.3. The molecule has 0 aliphatic carbocycles. The van der Waals surface area contributed by atoms with Crippen LogP contribution in [-0.4, -0.2) is 18.6 Å². The number of ether oxygens (including phenoxy) is 2. The predicted octanol–water partition coefficient (Wildman–Crippen LogP) is 3.91. The lowest BCUT2D eigenvalue weighted by molar-refractivity contribution is -0.119. The lowest BCUT2D eigenvalue weighted by atomic mass is 9.90. The number of anilines is 3. The molecule has 6 rings (SSSR count). The van der Waals surface area contributed by atoms with E-state index >= 15 is 0 Å². The number of para-hydroxylation sites is 1. The van der Waals surface area contributed by atoms with E-state index in [4.69, 9.17) is 9.47 Å². The molecule has 0 saturated heterocycles. The molecule has 31 heavy (non-hydrogen) atoms. The van der Waals surface area contributed by atoms with Gasteiger partial charge in [-0.2, -0.15) is 0 Å². The molecule has 0 radical (unpaired) electrons. The Hall–Kier alpha value is -4.00. The van der Waals surface area contributed by atoms with E-state index in [2.05, 4.69) is 10.6 Å². The topological polar surface area (TPSA) is 79.9 Å².